The van der Waals surface area contributed by atoms with Crippen LogP contribution in [0.3, 0.4) is 0 Å². The minimum atomic E-state index is -0.551. The van der Waals surface area contributed by atoms with E-state index in [9.17, 15) is 9.59 Å². The minimum absolute atomic E-state index is 0.0894. The van der Waals surface area contributed by atoms with E-state index in [4.69, 9.17) is 9.47 Å². The number of esters is 1. The van der Waals surface area contributed by atoms with Gasteiger partial charge in [0.15, 0.2) is 5.69 Å². The van der Waals surface area contributed by atoms with Crippen molar-refractivity contribution in [3.63, 3.8) is 0 Å². The Kier molecular flexibility index (Phi) is 4.51. The first kappa shape index (κ1) is 17.8. The van der Waals surface area contributed by atoms with Gasteiger partial charge in [-0.3, -0.25) is 9.58 Å². The highest BCUT2D eigenvalue weighted by molar-refractivity contribution is 5.90. The van der Waals surface area contributed by atoms with Crippen molar-refractivity contribution in [1.29, 1.82) is 0 Å². The van der Waals surface area contributed by atoms with Crippen molar-refractivity contribution < 1.29 is 19.1 Å². The van der Waals surface area contributed by atoms with Crippen molar-refractivity contribution in [2.24, 2.45) is 7.05 Å². The molecule has 0 spiro atoms. The molecule has 1 amide bonds. The molecule has 25 heavy (non-hydrogen) atoms. The van der Waals surface area contributed by atoms with E-state index in [0.29, 0.717) is 18.7 Å². The fourth-order valence-corrected chi connectivity index (χ4v) is 3.90. The maximum absolute atomic E-state index is 12.8. The van der Waals surface area contributed by atoms with Crippen molar-refractivity contribution in [1.82, 2.24) is 14.7 Å². The van der Waals surface area contributed by atoms with E-state index in [1.807, 2.05) is 32.7 Å². The maximum atomic E-state index is 12.8. The number of aromatic nitrogens is 2. The van der Waals surface area contributed by atoms with Crippen LogP contribution in [-0.2, 0) is 22.9 Å². The molecule has 2 atom stereocenters. The number of piperidine rings is 1. The predicted molar refractivity (Wildman–Crippen MR) is 91.3 cm³/mol. The molecule has 3 heterocycles. The number of amides is 1. The van der Waals surface area contributed by atoms with Gasteiger partial charge in [0.1, 0.15) is 5.60 Å². The summed E-state index contributed by atoms with van der Waals surface area (Å²) in [6.45, 7) is 7.67. The highest BCUT2D eigenvalue weighted by Gasteiger charge is 2.45. The average Bonchev–Trinajstić information content (AvgIpc) is 2.82. The first-order chi connectivity index (χ1) is 11.7. The molecule has 138 valence electrons. The molecular weight excluding hydrogens is 322 g/mol. The smallest absolute Gasteiger partial charge is 0.411 e. The summed E-state index contributed by atoms with van der Waals surface area (Å²) in [6, 6.07) is -0.0861. The molecule has 0 unspecified atom stereocenters. The Bertz CT molecular complexity index is 689. The second-order valence-corrected chi connectivity index (χ2v) is 7.75. The normalized spacial score (nSPS) is 22.4. The lowest BCUT2D eigenvalue weighted by atomic mass is 9.82. The van der Waals surface area contributed by atoms with Gasteiger partial charge in [-0.1, -0.05) is 0 Å². The zero-order chi connectivity index (χ0) is 18.4. The third kappa shape index (κ3) is 3.24. The summed E-state index contributed by atoms with van der Waals surface area (Å²) in [6.07, 6.45) is 3.14. The number of rotatable bonds is 2. The molecule has 2 aliphatic heterocycles. The zero-order valence-corrected chi connectivity index (χ0v) is 15.7. The van der Waals surface area contributed by atoms with Crippen LogP contribution in [0.2, 0.25) is 0 Å². The monoisotopic (exact) mass is 349 g/mol. The van der Waals surface area contributed by atoms with Gasteiger partial charge in [0.05, 0.1) is 12.6 Å². The highest BCUT2D eigenvalue weighted by atomic mass is 16.6. The van der Waals surface area contributed by atoms with E-state index in [2.05, 4.69) is 5.10 Å². The second kappa shape index (κ2) is 6.35. The lowest BCUT2D eigenvalue weighted by Gasteiger charge is -2.46. The van der Waals surface area contributed by atoms with E-state index in [0.717, 1.165) is 30.5 Å². The molecule has 2 bridgehead atoms. The summed E-state index contributed by atoms with van der Waals surface area (Å²) in [7, 11) is 1.85. The topological polar surface area (TPSA) is 73.7 Å². The quantitative estimate of drug-likeness (QED) is 0.768. The lowest BCUT2D eigenvalue weighted by Crippen LogP contribution is -2.51. The predicted octanol–water partition coefficient (Wildman–Crippen LogP) is 2.98. The molecule has 0 saturated carbocycles. The van der Waals surface area contributed by atoms with Crippen LogP contribution >= 0.6 is 0 Å². The van der Waals surface area contributed by atoms with Gasteiger partial charge in [-0.05, 0) is 47.0 Å². The molecule has 0 N–H and O–H groups in total. The van der Waals surface area contributed by atoms with Crippen LogP contribution in [0.15, 0.2) is 0 Å². The molecule has 1 fully saturated rings. The maximum Gasteiger partial charge on any atom is 0.411 e. The Labute approximate surface area is 148 Å². The molecule has 1 aromatic heterocycles. The van der Waals surface area contributed by atoms with E-state index >= 15 is 0 Å². The number of nitrogens with zero attached hydrogens (tertiary/aromatic N) is 3. The Morgan fingerprint density at radius 2 is 2.00 bits per heavy atom. The summed E-state index contributed by atoms with van der Waals surface area (Å²) in [4.78, 5) is 27.0. The summed E-state index contributed by atoms with van der Waals surface area (Å²) >= 11 is 0. The third-order valence-electron chi connectivity index (χ3n) is 4.79. The lowest BCUT2D eigenvalue weighted by molar-refractivity contribution is -0.0104. The number of carbonyl (C=O) groups is 2. The number of fused-ring (bicyclic) bond motifs is 4. The van der Waals surface area contributed by atoms with Gasteiger partial charge in [-0.25, -0.2) is 9.59 Å². The SMILES string of the molecule is CCOC(=O)c1nn(C)c2c1[C@H]1CCC[C@@H](C2)N1C(=O)OC(C)(C)C. The van der Waals surface area contributed by atoms with Crippen LogP contribution < -0.4 is 0 Å². The van der Waals surface area contributed by atoms with Crippen LogP contribution in [0.4, 0.5) is 4.79 Å². The molecule has 0 radical (unpaired) electrons. The Morgan fingerprint density at radius 1 is 1.28 bits per heavy atom. The van der Waals surface area contributed by atoms with Gasteiger partial charge in [-0.2, -0.15) is 5.10 Å². The number of carbonyl (C=O) groups excluding carboxylic acids is 2. The van der Waals surface area contributed by atoms with Gasteiger partial charge >= 0.3 is 12.1 Å². The number of hydrogen-bond acceptors (Lipinski definition) is 5. The molecular formula is C18H27N3O4. The van der Waals surface area contributed by atoms with E-state index in [-0.39, 0.29) is 18.2 Å². The Balaban J connectivity index is 2.00. The van der Waals surface area contributed by atoms with Crippen molar-refractivity contribution in [2.45, 2.75) is 71.1 Å². The van der Waals surface area contributed by atoms with Crippen LogP contribution in [-0.4, -0.2) is 45.0 Å². The largest absolute Gasteiger partial charge is 0.461 e. The summed E-state index contributed by atoms with van der Waals surface area (Å²) in [5.74, 6) is -0.424. The van der Waals surface area contributed by atoms with Crippen LogP contribution in [0.25, 0.3) is 0 Å². The standard InChI is InChI=1S/C18H27N3O4/c1-6-24-16(22)15-14-12-9-7-8-11(10-13(14)20(5)19-15)21(12)17(23)25-18(2,3)4/h11-12H,6-10H2,1-5H3/t11-,12+/m0/s1. The minimum Gasteiger partial charge on any atom is -0.461 e. The number of hydrogen-bond donors (Lipinski definition) is 0. The van der Waals surface area contributed by atoms with Crippen molar-refractivity contribution >= 4 is 12.1 Å². The third-order valence-corrected chi connectivity index (χ3v) is 4.79. The molecule has 0 aliphatic carbocycles. The van der Waals surface area contributed by atoms with Crippen molar-refractivity contribution in [3.8, 4) is 0 Å². The van der Waals surface area contributed by atoms with E-state index < -0.39 is 11.6 Å². The highest BCUT2D eigenvalue weighted by Crippen LogP contribution is 2.44. The molecule has 1 aromatic rings. The fraction of sp³-hybridized carbons (Fsp3) is 0.722. The van der Waals surface area contributed by atoms with Gasteiger partial charge in [0.2, 0.25) is 0 Å². The van der Waals surface area contributed by atoms with Crippen molar-refractivity contribution in [2.75, 3.05) is 6.61 Å². The van der Waals surface area contributed by atoms with Crippen LogP contribution in [0.5, 0.6) is 0 Å². The van der Waals surface area contributed by atoms with E-state index in [1.54, 1.807) is 11.6 Å². The molecule has 3 rings (SSSR count). The summed E-state index contributed by atoms with van der Waals surface area (Å²) < 4.78 is 12.6. The zero-order valence-electron chi connectivity index (χ0n) is 15.7. The number of ether oxygens (including phenoxy) is 2. The second-order valence-electron chi connectivity index (χ2n) is 7.75. The van der Waals surface area contributed by atoms with Gasteiger partial charge in [-0.15, -0.1) is 0 Å². The van der Waals surface area contributed by atoms with Crippen LogP contribution in [0, 0.1) is 0 Å². The molecule has 7 heteroatoms. The summed E-state index contributed by atoms with van der Waals surface area (Å²) in [5.41, 5.74) is 1.64. The van der Waals surface area contributed by atoms with Gasteiger partial charge in [0.25, 0.3) is 0 Å². The van der Waals surface area contributed by atoms with E-state index in [1.165, 1.54) is 0 Å². The van der Waals surface area contributed by atoms with Crippen LogP contribution in [0.1, 0.15) is 74.7 Å². The Hall–Kier alpha value is -2.05. The molecule has 1 saturated heterocycles. The molecule has 0 aromatic carbocycles. The van der Waals surface area contributed by atoms with Gasteiger partial charge in [0, 0.05) is 30.8 Å². The van der Waals surface area contributed by atoms with Crippen molar-refractivity contribution in [3.05, 3.63) is 17.0 Å². The molecule has 2 aliphatic rings. The molecule has 7 nitrogen and oxygen atoms in total. The van der Waals surface area contributed by atoms with Gasteiger partial charge < -0.3 is 9.47 Å². The Morgan fingerprint density at radius 3 is 2.64 bits per heavy atom. The first-order valence-corrected chi connectivity index (χ1v) is 8.97. The number of aryl methyl sites for hydroxylation is 1. The first-order valence-electron chi connectivity index (χ1n) is 8.97. The fourth-order valence-electron chi connectivity index (χ4n) is 3.90. The summed E-state index contributed by atoms with van der Waals surface area (Å²) in [5, 5.41) is 4.40. The average molecular weight is 349 g/mol.